The third-order valence-corrected chi connectivity index (χ3v) is 4.86. The molecule has 0 radical (unpaired) electrons. The van der Waals surface area contributed by atoms with E-state index in [9.17, 15) is 4.79 Å². The lowest BCUT2D eigenvalue weighted by Gasteiger charge is -2.25. The fourth-order valence-electron chi connectivity index (χ4n) is 2.46. The first-order valence-electron chi connectivity index (χ1n) is 6.76. The van der Waals surface area contributed by atoms with Gasteiger partial charge in [0.25, 0.3) is 0 Å². The zero-order valence-electron chi connectivity index (χ0n) is 11.6. The van der Waals surface area contributed by atoms with Crippen molar-refractivity contribution in [2.45, 2.75) is 26.3 Å². The van der Waals surface area contributed by atoms with Crippen LogP contribution in [0.1, 0.15) is 23.1 Å². The van der Waals surface area contributed by atoms with Crippen LogP contribution < -0.4 is 10.6 Å². The molecule has 2 N–H and O–H groups in total. The van der Waals surface area contributed by atoms with Gasteiger partial charge in [-0.25, -0.2) is 0 Å². The zero-order valence-corrected chi connectivity index (χ0v) is 12.4. The van der Waals surface area contributed by atoms with Gasteiger partial charge in [-0.3, -0.25) is 4.79 Å². The number of aryl methyl sites for hydroxylation is 1. The molecule has 1 atom stereocenters. The third-order valence-electron chi connectivity index (χ3n) is 3.63. The predicted octanol–water partition coefficient (Wildman–Crippen LogP) is 1.55. The van der Waals surface area contributed by atoms with Crippen molar-refractivity contribution in [3.8, 4) is 0 Å². The van der Waals surface area contributed by atoms with Gasteiger partial charge in [0.15, 0.2) is 0 Å². The van der Waals surface area contributed by atoms with E-state index in [1.807, 2.05) is 0 Å². The van der Waals surface area contributed by atoms with Crippen LogP contribution in [0.3, 0.4) is 0 Å². The maximum Gasteiger partial charge on any atom is 0.230 e. The van der Waals surface area contributed by atoms with E-state index < -0.39 is 0 Å². The summed E-state index contributed by atoms with van der Waals surface area (Å²) in [5.74, 6) is 0.103. The van der Waals surface area contributed by atoms with Crippen molar-refractivity contribution in [3.05, 3.63) is 21.9 Å². The fourth-order valence-corrected chi connectivity index (χ4v) is 3.36. The molecule has 4 nitrogen and oxygen atoms in total. The minimum absolute atomic E-state index is 0.103. The van der Waals surface area contributed by atoms with E-state index in [1.165, 1.54) is 9.75 Å². The van der Waals surface area contributed by atoms with Crippen LogP contribution in [0.2, 0.25) is 0 Å². The number of rotatable bonds is 6. The largest absolute Gasteiger partial charge is 0.384 e. The number of amides is 1. The summed E-state index contributed by atoms with van der Waals surface area (Å²) in [4.78, 5) is 15.0. The van der Waals surface area contributed by atoms with E-state index in [2.05, 4.69) is 29.7 Å². The molecular formula is C14H22N2O2S. The van der Waals surface area contributed by atoms with Crippen molar-refractivity contribution < 1.29 is 9.53 Å². The molecule has 1 unspecified atom stereocenters. The summed E-state index contributed by atoms with van der Waals surface area (Å²) in [5, 5.41) is 6.31. The molecule has 0 spiro atoms. The van der Waals surface area contributed by atoms with Crippen molar-refractivity contribution >= 4 is 17.2 Å². The molecule has 1 aromatic rings. The number of methoxy groups -OCH3 is 1. The smallest absolute Gasteiger partial charge is 0.230 e. The molecule has 1 aliphatic rings. The van der Waals surface area contributed by atoms with Crippen LogP contribution in [0.15, 0.2) is 12.1 Å². The molecular weight excluding hydrogens is 260 g/mol. The zero-order chi connectivity index (χ0) is 13.7. The van der Waals surface area contributed by atoms with Crippen molar-refractivity contribution in [2.24, 2.45) is 5.41 Å². The second-order valence-corrected chi connectivity index (χ2v) is 6.30. The van der Waals surface area contributed by atoms with Gasteiger partial charge in [-0.1, -0.05) is 6.92 Å². The lowest BCUT2D eigenvalue weighted by atomic mass is 9.87. The number of hydrogen-bond acceptors (Lipinski definition) is 4. The second-order valence-electron chi connectivity index (χ2n) is 5.04. The number of ether oxygens (including phenoxy) is 1. The molecule has 2 rings (SSSR count). The number of hydrogen-bond donors (Lipinski definition) is 2. The molecule has 2 heterocycles. The van der Waals surface area contributed by atoms with Gasteiger partial charge in [-0.05, 0) is 31.5 Å². The topological polar surface area (TPSA) is 50.4 Å². The molecule has 1 saturated heterocycles. The molecule has 1 aromatic heterocycles. The standard InChI is InChI=1S/C14H22N2O2S/c1-3-11-4-5-12(19-11)8-16-13(17)14(10-18-2)6-7-15-9-14/h4-5,15H,3,6-10H2,1-2H3,(H,16,17). The van der Waals surface area contributed by atoms with Crippen LogP contribution >= 0.6 is 11.3 Å². The van der Waals surface area contributed by atoms with Crippen LogP contribution in [0.5, 0.6) is 0 Å². The summed E-state index contributed by atoms with van der Waals surface area (Å²) in [6.45, 7) is 4.84. The average Bonchev–Trinajstić information content (AvgIpc) is 3.05. The van der Waals surface area contributed by atoms with E-state index in [0.717, 1.165) is 19.4 Å². The Balaban J connectivity index is 1.92. The van der Waals surface area contributed by atoms with Gasteiger partial charge in [0, 0.05) is 23.4 Å². The Labute approximate surface area is 118 Å². The summed E-state index contributed by atoms with van der Waals surface area (Å²) in [7, 11) is 1.65. The average molecular weight is 282 g/mol. The van der Waals surface area contributed by atoms with Crippen LogP contribution in [-0.2, 0) is 22.5 Å². The Hall–Kier alpha value is -0.910. The molecule has 0 bridgehead atoms. The van der Waals surface area contributed by atoms with E-state index in [4.69, 9.17) is 4.74 Å². The lowest BCUT2D eigenvalue weighted by Crippen LogP contribution is -2.45. The first-order chi connectivity index (χ1) is 9.20. The monoisotopic (exact) mass is 282 g/mol. The second kappa shape index (κ2) is 6.50. The highest BCUT2D eigenvalue weighted by Gasteiger charge is 2.41. The first-order valence-corrected chi connectivity index (χ1v) is 7.57. The number of nitrogens with one attached hydrogen (secondary N) is 2. The van der Waals surface area contributed by atoms with Crippen molar-refractivity contribution in [2.75, 3.05) is 26.8 Å². The molecule has 0 aliphatic carbocycles. The molecule has 1 fully saturated rings. The normalized spacial score (nSPS) is 22.6. The van der Waals surface area contributed by atoms with E-state index in [-0.39, 0.29) is 11.3 Å². The highest BCUT2D eigenvalue weighted by molar-refractivity contribution is 7.11. The van der Waals surface area contributed by atoms with Crippen LogP contribution in [0.4, 0.5) is 0 Å². The summed E-state index contributed by atoms with van der Waals surface area (Å²) < 4.78 is 5.23. The highest BCUT2D eigenvalue weighted by atomic mass is 32.1. The molecule has 19 heavy (non-hydrogen) atoms. The molecule has 1 amide bonds. The quantitative estimate of drug-likeness (QED) is 0.832. The highest BCUT2D eigenvalue weighted by Crippen LogP contribution is 2.26. The fraction of sp³-hybridized carbons (Fsp3) is 0.643. The molecule has 1 aliphatic heterocycles. The van der Waals surface area contributed by atoms with Crippen molar-refractivity contribution in [3.63, 3.8) is 0 Å². The Morgan fingerprint density at radius 2 is 2.32 bits per heavy atom. The Bertz CT molecular complexity index is 425. The number of carbonyl (C=O) groups excluding carboxylic acids is 1. The SMILES string of the molecule is CCc1ccc(CNC(=O)C2(COC)CCNC2)s1. The van der Waals surface area contributed by atoms with Crippen LogP contribution in [0, 0.1) is 5.41 Å². The Kier molecular flexibility index (Phi) is 4.96. The van der Waals surface area contributed by atoms with E-state index in [0.29, 0.717) is 19.7 Å². The maximum atomic E-state index is 12.4. The molecule has 0 aromatic carbocycles. The lowest BCUT2D eigenvalue weighted by molar-refractivity contribution is -0.133. The minimum Gasteiger partial charge on any atom is -0.384 e. The van der Waals surface area contributed by atoms with E-state index >= 15 is 0 Å². The van der Waals surface area contributed by atoms with Gasteiger partial charge in [0.1, 0.15) is 0 Å². The van der Waals surface area contributed by atoms with Crippen molar-refractivity contribution in [1.29, 1.82) is 0 Å². The van der Waals surface area contributed by atoms with Gasteiger partial charge in [-0.15, -0.1) is 11.3 Å². The molecule has 0 saturated carbocycles. The minimum atomic E-state index is -0.389. The van der Waals surface area contributed by atoms with Crippen LogP contribution in [-0.4, -0.2) is 32.7 Å². The predicted molar refractivity (Wildman–Crippen MR) is 77.3 cm³/mol. The Morgan fingerprint density at radius 1 is 1.53 bits per heavy atom. The van der Waals surface area contributed by atoms with Crippen molar-refractivity contribution in [1.82, 2.24) is 10.6 Å². The Morgan fingerprint density at radius 3 is 2.89 bits per heavy atom. The summed E-state index contributed by atoms with van der Waals surface area (Å²) in [6, 6.07) is 4.23. The summed E-state index contributed by atoms with van der Waals surface area (Å²) in [6.07, 6.45) is 1.90. The van der Waals surface area contributed by atoms with Gasteiger partial charge in [0.2, 0.25) is 5.91 Å². The van der Waals surface area contributed by atoms with Gasteiger partial charge < -0.3 is 15.4 Å². The van der Waals surface area contributed by atoms with E-state index in [1.54, 1.807) is 18.4 Å². The van der Waals surface area contributed by atoms with Crippen LogP contribution in [0.25, 0.3) is 0 Å². The van der Waals surface area contributed by atoms with Gasteiger partial charge in [0.05, 0.1) is 18.6 Å². The number of carbonyl (C=O) groups is 1. The number of thiophene rings is 1. The summed E-state index contributed by atoms with van der Waals surface area (Å²) in [5.41, 5.74) is -0.389. The molecule has 106 valence electrons. The van der Waals surface area contributed by atoms with Gasteiger partial charge >= 0.3 is 0 Å². The molecule has 5 heteroatoms. The third kappa shape index (κ3) is 3.35. The maximum absolute atomic E-state index is 12.4. The summed E-state index contributed by atoms with van der Waals surface area (Å²) >= 11 is 1.77. The van der Waals surface area contributed by atoms with Gasteiger partial charge in [-0.2, -0.15) is 0 Å². The first kappa shape index (κ1) is 14.5.